The Labute approximate surface area is 87.3 Å². The maximum atomic E-state index is 8.65. The van der Waals surface area contributed by atoms with Gasteiger partial charge in [-0.25, -0.2) is 0 Å². The van der Waals surface area contributed by atoms with Gasteiger partial charge in [0.2, 0.25) is 0 Å². The second kappa shape index (κ2) is 4.66. The molecule has 1 N–H and O–H groups in total. The molecule has 0 saturated heterocycles. The van der Waals surface area contributed by atoms with Crippen LogP contribution in [-0.4, -0.2) is 24.4 Å². The lowest BCUT2D eigenvalue weighted by molar-refractivity contribution is 0.0831. The first-order chi connectivity index (χ1) is 6.90. The molecular weight excluding hydrogens is 200 g/mol. The van der Waals surface area contributed by atoms with Crippen molar-refractivity contribution >= 4 is 11.3 Å². The topological polar surface area (TPSA) is 38.7 Å². The number of hydrogen-bond donors (Lipinski definition) is 1. The van der Waals surface area contributed by atoms with Crippen LogP contribution < -0.4 is 9.47 Å². The van der Waals surface area contributed by atoms with Gasteiger partial charge in [-0.3, -0.25) is 0 Å². The van der Waals surface area contributed by atoms with E-state index in [1.54, 1.807) is 11.3 Å². The third kappa shape index (κ3) is 2.19. The van der Waals surface area contributed by atoms with Gasteiger partial charge in [0.05, 0.1) is 0 Å². The van der Waals surface area contributed by atoms with Crippen molar-refractivity contribution in [3.8, 4) is 11.5 Å². The Bertz CT molecular complexity index is 285. The Morgan fingerprint density at radius 1 is 1.36 bits per heavy atom. The van der Waals surface area contributed by atoms with Gasteiger partial charge in [0.15, 0.2) is 11.5 Å². The molecule has 0 aromatic carbocycles. The van der Waals surface area contributed by atoms with Crippen molar-refractivity contribution in [2.45, 2.75) is 25.4 Å². The molecule has 2 heterocycles. The molecule has 4 heteroatoms. The minimum Gasteiger partial charge on any atom is -0.485 e. The van der Waals surface area contributed by atoms with Crippen LogP contribution in [0.3, 0.4) is 0 Å². The molecule has 3 nitrogen and oxygen atoms in total. The van der Waals surface area contributed by atoms with E-state index in [-0.39, 0.29) is 12.7 Å². The maximum Gasteiger partial charge on any atom is 0.172 e. The van der Waals surface area contributed by atoms with E-state index in [1.165, 1.54) is 0 Å². The largest absolute Gasteiger partial charge is 0.485 e. The monoisotopic (exact) mass is 214 g/mol. The summed E-state index contributed by atoms with van der Waals surface area (Å²) in [7, 11) is 0. The quantitative estimate of drug-likeness (QED) is 0.780. The summed E-state index contributed by atoms with van der Waals surface area (Å²) in [5.74, 6) is 1.74. The van der Waals surface area contributed by atoms with Crippen molar-refractivity contribution in [1.82, 2.24) is 0 Å². The molecule has 0 amide bonds. The highest BCUT2D eigenvalue weighted by Crippen LogP contribution is 2.35. The van der Waals surface area contributed by atoms with Crippen molar-refractivity contribution in [2.24, 2.45) is 0 Å². The standard InChI is InChI=1S/C10H14O3S/c11-4-2-1-3-8-5-12-9-6-14-7-10(9)13-8/h6-8,11H,1-5H2. The van der Waals surface area contributed by atoms with Crippen molar-refractivity contribution < 1.29 is 14.6 Å². The molecule has 2 rings (SSSR count). The summed E-state index contributed by atoms with van der Waals surface area (Å²) in [5, 5.41) is 12.6. The fourth-order valence-electron chi connectivity index (χ4n) is 1.49. The summed E-state index contributed by atoms with van der Waals surface area (Å²) in [6, 6.07) is 0. The maximum absolute atomic E-state index is 8.65. The predicted octanol–water partition coefficient (Wildman–Crippen LogP) is 2.05. The first-order valence-corrected chi connectivity index (χ1v) is 5.81. The van der Waals surface area contributed by atoms with Gasteiger partial charge < -0.3 is 14.6 Å². The van der Waals surface area contributed by atoms with Crippen LogP contribution in [0.25, 0.3) is 0 Å². The molecule has 14 heavy (non-hydrogen) atoms. The molecule has 1 aromatic heterocycles. The molecule has 0 radical (unpaired) electrons. The molecule has 1 aromatic rings. The zero-order valence-electron chi connectivity index (χ0n) is 7.94. The van der Waals surface area contributed by atoms with E-state index in [9.17, 15) is 0 Å². The van der Waals surface area contributed by atoms with E-state index in [0.717, 1.165) is 30.8 Å². The lowest BCUT2D eigenvalue weighted by Crippen LogP contribution is -2.28. The molecule has 0 fully saturated rings. The second-order valence-electron chi connectivity index (χ2n) is 3.37. The minimum absolute atomic E-state index is 0.156. The smallest absolute Gasteiger partial charge is 0.172 e. The third-order valence-electron chi connectivity index (χ3n) is 2.25. The highest BCUT2D eigenvalue weighted by atomic mass is 32.1. The first kappa shape index (κ1) is 9.80. The van der Waals surface area contributed by atoms with E-state index in [2.05, 4.69) is 0 Å². The summed E-state index contributed by atoms with van der Waals surface area (Å²) in [6.07, 6.45) is 2.94. The van der Waals surface area contributed by atoms with Gasteiger partial charge in [-0.15, -0.1) is 11.3 Å². The fraction of sp³-hybridized carbons (Fsp3) is 0.600. The molecule has 0 spiro atoms. The van der Waals surface area contributed by atoms with E-state index < -0.39 is 0 Å². The van der Waals surface area contributed by atoms with Gasteiger partial charge in [0.1, 0.15) is 12.7 Å². The van der Waals surface area contributed by atoms with Crippen LogP contribution in [-0.2, 0) is 0 Å². The average Bonchev–Trinajstić information content (AvgIpc) is 2.65. The second-order valence-corrected chi connectivity index (χ2v) is 4.11. The van der Waals surface area contributed by atoms with Crippen molar-refractivity contribution in [3.05, 3.63) is 10.8 Å². The van der Waals surface area contributed by atoms with Crippen LogP contribution >= 0.6 is 11.3 Å². The Morgan fingerprint density at radius 3 is 3.07 bits per heavy atom. The normalized spacial score (nSPS) is 19.6. The van der Waals surface area contributed by atoms with Crippen molar-refractivity contribution in [1.29, 1.82) is 0 Å². The van der Waals surface area contributed by atoms with Gasteiger partial charge in [-0.05, 0) is 19.3 Å². The Kier molecular flexibility index (Phi) is 3.26. The fourth-order valence-corrected chi connectivity index (χ4v) is 2.16. The summed E-state index contributed by atoms with van der Waals surface area (Å²) in [4.78, 5) is 0. The molecule has 0 bridgehead atoms. The highest BCUT2D eigenvalue weighted by molar-refractivity contribution is 7.08. The number of rotatable bonds is 4. The summed E-state index contributed by atoms with van der Waals surface area (Å²) >= 11 is 1.60. The van der Waals surface area contributed by atoms with Gasteiger partial charge in [0.25, 0.3) is 0 Å². The number of aliphatic hydroxyl groups is 1. The van der Waals surface area contributed by atoms with Gasteiger partial charge in [0, 0.05) is 17.4 Å². The molecule has 0 aliphatic carbocycles. The number of unbranched alkanes of at least 4 members (excludes halogenated alkanes) is 1. The Hall–Kier alpha value is -0.740. The van der Waals surface area contributed by atoms with E-state index >= 15 is 0 Å². The van der Waals surface area contributed by atoms with E-state index in [1.807, 2.05) is 10.8 Å². The van der Waals surface area contributed by atoms with Crippen molar-refractivity contribution in [2.75, 3.05) is 13.2 Å². The lowest BCUT2D eigenvalue weighted by atomic mass is 10.1. The zero-order chi connectivity index (χ0) is 9.80. The number of thiophene rings is 1. The number of fused-ring (bicyclic) bond motifs is 1. The summed E-state index contributed by atoms with van der Waals surface area (Å²) in [6.45, 7) is 0.895. The SMILES string of the molecule is OCCCCC1COc2cscc2O1. The lowest BCUT2D eigenvalue weighted by Gasteiger charge is -2.24. The van der Waals surface area contributed by atoms with Gasteiger partial charge >= 0.3 is 0 Å². The van der Waals surface area contributed by atoms with Crippen molar-refractivity contribution in [3.63, 3.8) is 0 Å². The van der Waals surface area contributed by atoms with E-state index in [4.69, 9.17) is 14.6 Å². The third-order valence-corrected chi connectivity index (χ3v) is 2.95. The van der Waals surface area contributed by atoms with Crippen LogP contribution in [0.1, 0.15) is 19.3 Å². The molecule has 1 aliphatic heterocycles. The minimum atomic E-state index is 0.156. The molecule has 0 saturated carbocycles. The summed E-state index contributed by atoms with van der Waals surface area (Å²) in [5.41, 5.74) is 0. The van der Waals surface area contributed by atoms with Crippen LogP contribution in [0.15, 0.2) is 10.8 Å². The number of ether oxygens (including phenoxy) is 2. The van der Waals surface area contributed by atoms with Crippen LogP contribution in [0.4, 0.5) is 0 Å². The molecule has 1 unspecified atom stereocenters. The van der Waals surface area contributed by atoms with Crippen LogP contribution in [0.2, 0.25) is 0 Å². The number of hydrogen-bond acceptors (Lipinski definition) is 4. The highest BCUT2D eigenvalue weighted by Gasteiger charge is 2.20. The summed E-state index contributed by atoms with van der Waals surface area (Å²) < 4.78 is 11.3. The van der Waals surface area contributed by atoms with Gasteiger partial charge in [-0.1, -0.05) is 0 Å². The zero-order valence-corrected chi connectivity index (χ0v) is 8.76. The molecule has 78 valence electrons. The Morgan fingerprint density at radius 2 is 2.21 bits per heavy atom. The number of aliphatic hydroxyl groups excluding tert-OH is 1. The Balaban J connectivity index is 1.82. The average molecular weight is 214 g/mol. The van der Waals surface area contributed by atoms with Gasteiger partial charge in [-0.2, -0.15) is 0 Å². The molecule has 1 aliphatic rings. The molecular formula is C10H14O3S. The van der Waals surface area contributed by atoms with Crippen LogP contribution in [0, 0.1) is 0 Å². The van der Waals surface area contributed by atoms with Crippen LogP contribution in [0.5, 0.6) is 11.5 Å². The van der Waals surface area contributed by atoms with E-state index in [0.29, 0.717) is 6.61 Å². The first-order valence-electron chi connectivity index (χ1n) is 4.86. The predicted molar refractivity (Wildman–Crippen MR) is 55.2 cm³/mol. The molecule has 1 atom stereocenters.